The molecule has 3 aromatic rings. The van der Waals surface area contributed by atoms with Crippen molar-refractivity contribution in [3.8, 4) is 11.8 Å². The highest BCUT2D eigenvalue weighted by molar-refractivity contribution is 6.30. The molecule has 0 spiro atoms. The SMILES string of the molecule is CC[C@@H]1CCc2c(ccc3ccccc23)[C@H]1C#Cc1ccc(Cl)c(F)c1. The molecule has 0 nitrogen and oxygen atoms in total. The summed E-state index contributed by atoms with van der Waals surface area (Å²) in [5, 5.41) is 2.76. The minimum Gasteiger partial charge on any atom is -0.205 e. The first-order valence-corrected chi connectivity index (χ1v) is 9.52. The van der Waals surface area contributed by atoms with Gasteiger partial charge in [0.05, 0.1) is 5.02 Å². The van der Waals surface area contributed by atoms with Gasteiger partial charge in [-0.15, -0.1) is 0 Å². The Labute approximate surface area is 159 Å². The molecular formula is C24H20ClF. The molecule has 0 heterocycles. The minimum absolute atomic E-state index is 0.136. The minimum atomic E-state index is -0.416. The largest absolute Gasteiger partial charge is 0.205 e. The maximum Gasteiger partial charge on any atom is 0.143 e. The van der Waals surface area contributed by atoms with Crippen LogP contribution < -0.4 is 0 Å². The van der Waals surface area contributed by atoms with Crippen LogP contribution in [0.2, 0.25) is 5.02 Å². The normalized spacial score (nSPS) is 18.9. The number of fused-ring (bicyclic) bond motifs is 3. The molecular weight excluding hydrogens is 343 g/mol. The smallest absolute Gasteiger partial charge is 0.143 e. The van der Waals surface area contributed by atoms with E-state index in [1.807, 2.05) is 0 Å². The molecule has 0 aromatic heterocycles. The summed E-state index contributed by atoms with van der Waals surface area (Å²) >= 11 is 5.77. The second-order valence-electron chi connectivity index (χ2n) is 6.94. The molecule has 0 saturated heterocycles. The van der Waals surface area contributed by atoms with Gasteiger partial charge < -0.3 is 0 Å². The van der Waals surface area contributed by atoms with E-state index in [-0.39, 0.29) is 10.9 Å². The third-order valence-electron chi connectivity index (χ3n) is 5.46. The molecule has 0 radical (unpaired) electrons. The van der Waals surface area contributed by atoms with E-state index in [4.69, 9.17) is 11.6 Å². The van der Waals surface area contributed by atoms with Crippen LogP contribution in [0, 0.1) is 23.6 Å². The lowest BCUT2D eigenvalue weighted by Crippen LogP contribution is -2.19. The number of rotatable bonds is 1. The van der Waals surface area contributed by atoms with Crippen LogP contribution in [-0.2, 0) is 6.42 Å². The number of benzene rings is 3. The first-order chi connectivity index (χ1) is 12.7. The van der Waals surface area contributed by atoms with Crippen molar-refractivity contribution in [3.63, 3.8) is 0 Å². The molecule has 1 aliphatic rings. The highest BCUT2D eigenvalue weighted by Crippen LogP contribution is 2.40. The fourth-order valence-corrected chi connectivity index (χ4v) is 4.16. The number of halogens is 2. The number of aryl methyl sites for hydroxylation is 1. The van der Waals surface area contributed by atoms with Crippen LogP contribution in [0.5, 0.6) is 0 Å². The fourth-order valence-electron chi connectivity index (χ4n) is 4.04. The zero-order chi connectivity index (χ0) is 18.1. The van der Waals surface area contributed by atoms with Gasteiger partial charge in [-0.3, -0.25) is 0 Å². The Kier molecular flexibility index (Phi) is 4.70. The Balaban J connectivity index is 1.79. The van der Waals surface area contributed by atoms with Crippen LogP contribution in [0.15, 0.2) is 54.6 Å². The molecule has 0 N–H and O–H groups in total. The van der Waals surface area contributed by atoms with E-state index in [0.717, 1.165) is 19.3 Å². The first kappa shape index (κ1) is 17.1. The van der Waals surface area contributed by atoms with Gasteiger partial charge in [-0.2, -0.15) is 0 Å². The summed E-state index contributed by atoms with van der Waals surface area (Å²) in [6.07, 6.45) is 3.34. The van der Waals surface area contributed by atoms with Crippen LogP contribution >= 0.6 is 11.6 Å². The topological polar surface area (TPSA) is 0 Å². The van der Waals surface area contributed by atoms with Crippen molar-refractivity contribution in [2.24, 2.45) is 5.92 Å². The second kappa shape index (κ2) is 7.14. The van der Waals surface area contributed by atoms with Crippen LogP contribution in [0.4, 0.5) is 4.39 Å². The Hall–Kier alpha value is -2.30. The lowest BCUT2D eigenvalue weighted by molar-refractivity contribution is 0.414. The van der Waals surface area contributed by atoms with Gasteiger partial charge in [0.15, 0.2) is 0 Å². The van der Waals surface area contributed by atoms with Gasteiger partial charge in [-0.25, -0.2) is 4.39 Å². The summed E-state index contributed by atoms with van der Waals surface area (Å²) in [6, 6.07) is 17.8. The molecule has 2 heteroatoms. The third kappa shape index (κ3) is 3.11. The van der Waals surface area contributed by atoms with Gasteiger partial charge in [-0.05, 0) is 58.9 Å². The summed E-state index contributed by atoms with van der Waals surface area (Å²) in [5.74, 6) is 6.94. The van der Waals surface area contributed by atoms with Crippen molar-refractivity contribution in [2.45, 2.75) is 32.1 Å². The Morgan fingerprint density at radius 2 is 1.96 bits per heavy atom. The molecule has 3 aromatic carbocycles. The lowest BCUT2D eigenvalue weighted by Gasteiger charge is -2.30. The van der Waals surface area contributed by atoms with Crippen LogP contribution in [0.3, 0.4) is 0 Å². The first-order valence-electron chi connectivity index (χ1n) is 9.14. The monoisotopic (exact) mass is 362 g/mol. The molecule has 1 aliphatic carbocycles. The van der Waals surface area contributed by atoms with Gasteiger partial charge in [0.25, 0.3) is 0 Å². The van der Waals surface area contributed by atoms with Crippen molar-refractivity contribution in [3.05, 3.63) is 82.1 Å². The summed E-state index contributed by atoms with van der Waals surface area (Å²) in [6.45, 7) is 2.23. The zero-order valence-corrected chi connectivity index (χ0v) is 15.5. The average Bonchev–Trinajstić information content (AvgIpc) is 2.68. The molecule has 130 valence electrons. The van der Waals surface area contributed by atoms with E-state index in [1.165, 1.54) is 28.0 Å². The standard InChI is InChI=1S/C24H20ClF/c1-2-17-9-12-21-19-6-4-3-5-18(19)10-13-22(21)20(17)11-7-16-8-14-23(25)24(26)15-16/h3-6,8,10,13-15,17,20H,2,9,12H2,1H3/t17-,20+/m1/s1. The third-order valence-corrected chi connectivity index (χ3v) is 5.77. The number of hydrogen-bond donors (Lipinski definition) is 0. The van der Waals surface area contributed by atoms with Crippen LogP contribution in [-0.4, -0.2) is 0 Å². The Morgan fingerprint density at radius 1 is 1.12 bits per heavy atom. The van der Waals surface area contributed by atoms with E-state index in [2.05, 4.69) is 55.2 Å². The highest BCUT2D eigenvalue weighted by Gasteiger charge is 2.28. The maximum absolute atomic E-state index is 13.7. The molecule has 0 saturated carbocycles. The maximum atomic E-state index is 13.7. The molecule has 0 amide bonds. The molecule has 0 bridgehead atoms. The van der Waals surface area contributed by atoms with Gasteiger partial charge in [0.1, 0.15) is 5.82 Å². The van der Waals surface area contributed by atoms with Crippen molar-refractivity contribution >= 4 is 22.4 Å². The fraction of sp³-hybridized carbons (Fsp3) is 0.250. The van der Waals surface area contributed by atoms with Gasteiger partial charge in [-0.1, -0.05) is 73.2 Å². The lowest BCUT2D eigenvalue weighted by atomic mass is 9.73. The van der Waals surface area contributed by atoms with Crippen molar-refractivity contribution in [2.75, 3.05) is 0 Å². The molecule has 2 atom stereocenters. The van der Waals surface area contributed by atoms with Crippen molar-refractivity contribution in [1.29, 1.82) is 0 Å². The Morgan fingerprint density at radius 3 is 2.77 bits per heavy atom. The van der Waals surface area contributed by atoms with Crippen LogP contribution in [0.1, 0.15) is 42.4 Å². The van der Waals surface area contributed by atoms with E-state index >= 15 is 0 Å². The summed E-state index contributed by atoms with van der Waals surface area (Å²) in [7, 11) is 0. The second-order valence-corrected chi connectivity index (χ2v) is 7.34. The highest BCUT2D eigenvalue weighted by atomic mass is 35.5. The quantitative estimate of drug-likeness (QED) is 0.420. The predicted molar refractivity (Wildman–Crippen MR) is 107 cm³/mol. The molecule has 0 aliphatic heterocycles. The molecule has 4 rings (SSSR count). The predicted octanol–water partition coefficient (Wildman–Crippen LogP) is 6.74. The van der Waals surface area contributed by atoms with E-state index < -0.39 is 5.82 Å². The average molecular weight is 363 g/mol. The van der Waals surface area contributed by atoms with Crippen LogP contribution in [0.25, 0.3) is 10.8 Å². The van der Waals surface area contributed by atoms with E-state index in [9.17, 15) is 4.39 Å². The van der Waals surface area contributed by atoms with Gasteiger partial charge >= 0.3 is 0 Å². The molecule has 0 fully saturated rings. The Bertz CT molecular complexity index is 1030. The van der Waals surface area contributed by atoms with E-state index in [0.29, 0.717) is 11.5 Å². The molecule has 26 heavy (non-hydrogen) atoms. The van der Waals surface area contributed by atoms with E-state index in [1.54, 1.807) is 12.1 Å². The van der Waals surface area contributed by atoms with Gasteiger partial charge in [0, 0.05) is 11.5 Å². The van der Waals surface area contributed by atoms with Crippen molar-refractivity contribution < 1.29 is 4.39 Å². The summed E-state index contributed by atoms with van der Waals surface area (Å²) in [5.41, 5.74) is 3.44. The number of hydrogen-bond acceptors (Lipinski definition) is 0. The zero-order valence-electron chi connectivity index (χ0n) is 14.7. The summed E-state index contributed by atoms with van der Waals surface area (Å²) < 4.78 is 13.7. The van der Waals surface area contributed by atoms with Crippen molar-refractivity contribution in [1.82, 2.24) is 0 Å². The van der Waals surface area contributed by atoms with Gasteiger partial charge in [0.2, 0.25) is 0 Å². The molecule has 0 unspecified atom stereocenters. The summed E-state index contributed by atoms with van der Waals surface area (Å²) in [4.78, 5) is 0.